The third kappa shape index (κ3) is 3.53. The van der Waals surface area contributed by atoms with Gasteiger partial charge in [0.15, 0.2) is 0 Å². The van der Waals surface area contributed by atoms with E-state index < -0.39 is 0 Å². The predicted molar refractivity (Wildman–Crippen MR) is 86.0 cm³/mol. The lowest BCUT2D eigenvalue weighted by molar-refractivity contribution is 0.214. The van der Waals surface area contributed by atoms with Gasteiger partial charge in [0, 0.05) is 6.42 Å². The number of aromatic nitrogens is 2. The summed E-state index contributed by atoms with van der Waals surface area (Å²) in [6, 6.07) is 5.83. The number of halogens is 1. The van der Waals surface area contributed by atoms with Crippen LogP contribution in [0.3, 0.4) is 0 Å². The first kappa shape index (κ1) is 15.3. The second-order valence-corrected chi connectivity index (χ2v) is 6.91. The maximum absolute atomic E-state index is 6.16. The van der Waals surface area contributed by atoms with E-state index in [1.165, 1.54) is 0 Å². The smallest absolute Gasteiger partial charge is 0.107 e. The van der Waals surface area contributed by atoms with Gasteiger partial charge in [0.05, 0.1) is 10.5 Å². The van der Waals surface area contributed by atoms with Crippen LogP contribution in [0.15, 0.2) is 18.2 Å². The summed E-state index contributed by atoms with van der Waals surface area (Å²) in [5.41, 5.74) is 7.90. The van der Waals surface area contributed by atoms with Crippen LogP contribution in [0, 0.1) is 11.3 Å². The topological polar surface area (TPSA) is 54.7 Å². The first-order valence-electron chi connectivity index (χ1n) is 7.25. The number of imidazole rings is 1. The molecule has 0 aliphatic rings. The zero-order chi connectivity index (χ0) is 14.8. The molecule has 0 saturated heterocycles. The molecule has 0 fully saturated rings. The number of nitrogens with zero attached hydrogens (tertiary/aromatic N) is 1. The standard InChI is InChI=1S/C16H24ClN3/c1-16(2,3)11(9-10-18)7-8-14-19-13-6-4-5-12(17)15(13)20-14/h4-6,11H,7-10,18H2,1-3H3,(H,19,20). The quantitative estimate of drug-likeness (QED) is 0.869. The summed E-state index contributed by atoms with van der Waals surface area (Å²) in [4.78, 5) is 7.97. The van der Waals surface area contributed by atoms with Gasteiger partial charge in [0.1, 0.15) is 11.3 Å². The van der Waals surface area contributed by atoms with Crippen LogP contribution >= 0.6 is 11.6 Å². The molecule has 110 valence electrons. The number of aromatic amines is 1. The van der Waals surface area contributed by atoms with Gasteiger partial charge in [-0.1, -0.05) is 38.4 Å². The molecule has 1 atom stereocenters. The van der Waals surface area contributed by atoms with Crippen molar-refractivity contribution in [2.75, 3.05) is 6.54 Å². The van der Waals surface area contributed by atoms with Gasteiger partial charge in [-0.15, -0.1) is 0 Å². The molecule has 0 bridgehead atoms. The number of fused-ring (bicyclic) bond motifs is 1. The number of H-pyrrole nitrogens is 1. The number of nitrogens with one attached hydrogen (secondary N) is 1. The first-order chi connectivity index (χ1) is 9.41. The third-order valence-electron chi connectivity index (χ3n) is 3.98. The Morgan fingerprint density at radius 1 is 1.30 bits per heavy atom. The van der Waals surface area contributed by atoms with E-state index in [9.17, 15) is 0 Å². The lowest BCUT2D eigenvalue weighted by Crippen LogP contribution is -2.24. The van der Waals surface area contributed by atoms with Gasteiger partial charge >= 0.3 is 0 Å². The maximum atomic E-state index is 6.16. The van der Waals surface area contributed by atoms with E-state index >= 15 is 0 Å². The lowest BCUT2D eigenvalue weighted by Gasteiger charge is -2.30. The molecule has 1 heterocycles. The second-order valence-electron chi connectivity index (χ2n) is 6.50. The van der Waals surface area contributed by atoms with Crippen LogP contribution in [0.5, 0.6) is 0 Å². The largest absolute Gasteiger partial charge is 0.342 e. The molecule has 4 heteroatoms. The highest BCUT2D eigenvalue weighted by molar-refractivity contribution is 6.34. The predicted octanol–water partition coefficient (Wildman–Crippen LogP) is 4.16. The van der Waals surface area contributed by atoms with Gasteiger partial charge in [-0.25, -0.2) is 4.98 Å². The molecular weight excluding hydrogens is 270 g/mol. The Balaban J connectivity index is 2.10. The molecule has 2 aromatic rings. The van der Waals surface area contributed by atoms with Gasteiger partial charge in [0.2, 0.25) is 0 Å². The fourth-order valence-electron chi connectivity index (χ4n) is 2.69. The fourth-order valence-corrected chi connectivity index (χ4v) is 2.91. The van der Waals surface area contributed by atoms with Crippen molar-refractivity contribution in [1.29, 1.82) is 0 Å². The SMILES string of the molecule is CC(C)(C)C(CCN)CCc1nc2c(Cl)cccc2[nH]1. The molecule has 0 amide bonds. The fraction of sp³-hybridized carbons (Fsp3) is 0.562. The van der Waals surface area contributed by atoms with Crippen molar-refractivity contribution in [2.24, 2.45) is 17.1 Å². The number of para-hydroxylation sites is 1. The number of benzene rings is 1. The van der Waals surface area contributed by atoms with Crippen LogP contribution in [0.2, 0.25) is 5.02 Å². The highest BCUT2D eigenvalue weighted by Gasteiger charge is 2.23. The Labute approximate surface area is 125 Å². The molecule has 20 heavy (non-hydrogen) atoms. The van der Waals surface area contributed by atoms with Crippen LogP contribution < -0.4 is 5.73 Å². The summed E-state index contributed by atoms with van der Waals surface area (Å²) in [6.45, 7) is 7.59. The van der Waals surface area contributed by atoms with Gasteiger partial charge in [-0.3, -0.25) is 0 Å². The summed E-state index contributed by atoms with van der Waals surface area (Å²) < 4.78 is 0. The summed E-state index contributed by atoms with van der Waals surface area (Å²) >= 11 is 6.16. The van der Waals surface area contributed by atoms with Crippen molar-refractivity contribution >= 4 is 22.6 Å². The normalized spacial score (nSPS) is 13.8. The van der Waals surface area contributed by atoms with E-state index in [2.05, 4.69) is 30.7 Å². The molecule has 1 aromatic heterocycles. The van der Waals surface area contributed by atoms with E-state index in [1.807, 2.05) is 18.2 Å². The van der Waals surface area contributed by atoms with Crippen LogP contribution in [0.4, 0.5) is 0 Å². The van der Waals surface area contributed by atoms with E-state index in [0.29, 0.717) is 10.9 Å². The van der Waals surface area contributed by atoms with Crippen molar-refractivity contribution in [2.45, 2.75) is 40.0 Å². The molecule has 0 aliphatic carbocycles. The average molecular weight is 294 g/mol. The molecule has 0 aliphatic heterocycles. The summed E-state index contributed by atoms with van der Waals surface area (Å²) in [6.07, 6.45) is 3.09. The number of aryl methyl sites for hydroxylation is 1. The van der Waals surface area contributed by atoms with Gasteiger partial charge in [-0.2, -0.15) is 0 Å². The maximum Gasteiger partial charge on any atom is 0.107 e. The van der Waals surface area contributed by atoms with Crippen molar-refractivity contribution in [3.8, 4) is 0 Å². The Hall–Kier alpha value is -1.06. The monoisotopic (exact) mass is 293 g/mol. The molecule has 1 aromatic carbocycles. The Kier molecular flexibility index (Phi) is 4.71. The Morgan fingerprint density at radius 3 is 2.65 bits per heavy atom. The molecule has 3 nitrogen and oxygen atoms in total. The second kappa shape index (κ2) is 6.15. The first-order valence-corrected chi connectivity index (χ1v) is 7.63. The van der Waals surface area contributed by atoms with E-state index in [4.69, 9.17) is 17.3 Å². The number of hydrogen-bond acceptors (Lipinski definition) is 2. The zero-order valence-electron chi connectivity index (χ0n) is 12.5. The van der Waals surface area contributed by atoms with Gasteiger partial charge in [-0.05, 0) is 42.9 Å². The summed E-state index contributed by atoms with van der Waals surface area (Å²) in [5, 5.41) is 0.708. The Bertz CT molecular complexity index is 569. The number of rotatable bonds is 5. The van der Waals surface area contributed by atoms with Crippen LogP contribution in [0.1, 0.15) is 39.4 Å². The van der Waals surface area contributed by atoms with E-state index in [1.54, 1.807) is 0 Å². The minimum absolute atomic E-state index is 0.281. The van der Waals surface area contributed by atoms with E-state index in [0.717, 1.165) is 42.7 Å². The number of hydrogen-bond donors (Lipinski definition) is 2. The van der Waals surface area contributed by atoms with Crippen LogP contribution in [-0.4, -0.2) is 16.5 Å². The third-order valence-corrected chi connectivity index (χ3v) is 4.29. The Morgan fingerprint density at radius 2 is 2.05 bits per heavy atom. The molecular formula is C16H24ClN3. The summed E-state index contributed by atoms with van der Waals surface area (Å²) in [5.74, 6) is 1.62. The van der Waals surface area contributed by atoms with Gasteiger partial charge in [0.25, 0.3) is 0 Å². The minimum Gasteiger partial charge on any atom is -0.342 e. The highest BCUT2D eigenvalue weighted by atomic mass is 35.5. The molecule has 0 saturated carbocycles. The van der Waals surface area contributed by atoms with Crippen molar-refractivity contribution in [1.82, 2.24) is 9.97 Å². The summed E-state index contributed by atoms with van der Waals surface area (Å²) in [7, 11) is 0. The van der Waals surface area contributed by atoms with Crippen molar-refractivity contribution in [3.05, 3.63) is 29.0 Å². The van der Waals surface area contributed by atoms with Crippen molar-refractivity contribution in [3.63, 3.8) is 0 Å². The van der Waals surface area contributed by atoms with Crippen LogP contribution in [-0.2, 0) is 6.42 Å². The van der Waals surface area contributed by atoms with Crippen LogP contribution in [0.25, 0.3) is 11.0 Å². The van der Waals surface area contributed by atoms with Gasteiger partial charge < -0.3 is 10.7 Å². The molecule has 0 spiro atoms. The van der Waals surface area contributed by atoms with Crippen molar-refractivity contribution < 1.29 is 0 Å². The minimum atomic E-state index is 0.281. The molecule has 0 radical (unpaired) electrons. The lowest BCUT2D eigenvalue weighted by atomic mass is 9.76. The van der Waals surface area contributed by atoms with E-state index in [-0.39, 0.29) is 5.41 Å². The highest BCUT2D eigenvalue weighted by Crippen LogP contribution is 2.32. The molecule has 3 N–H and O–H groups in total. The molecule has 2 rings (SSSR count). The average Bonchev–Trinajstić information content (AvgIpc) is 2.77. The number of nitrogens with two attached hydrogens (primary N) is 1. The zero-order valence-corrected chi connectivity index (χ0v) is 13.3. The molecule has 1 unspecified atom stereocenters.